The lowest BCUT2D eigenvalue weighted by Crippen LogP contribution is -2.00. The summed E-state index contributed by atoms with van der Waals surface area (Å²) in [6.07, 6.45) is 6.48. The summed E-state index contributed by atoms with van der Waals surface area (Å²) < 4.78 is 1.85. The average Bonchev–Trinajstić information content (AvgIpc) is 3.19. The minimum absolute atomic E-state index is 0.377. The van der Waals surface area contributed by atoms with Gasteiger partial charge in [-0.15, -0.1) is 5.10 Å². The van der Waals surface area contributed by atoms with E-state index < -0.39 is 0 Å². The molecule has 1 N–H and O–H groups in total. The minimum atomic E-state index is 0.377. The molecule has 0 aliphatic carbocycles. The molecule has 5 rings (SSSR count). The predicted octanol–water partition coefficient (Wildman–Crippen LogP) is 5.28. The van der Waals surface area contributed by atoms with Gasteiger partial charge in [-0.05, 0) is 41.3 Å². The molecule has 0 fully saturated rings. The van der Waals surface area contributed by atoms with Crippen molar-refractivity contribution in [3.63, 3.8) is 0 Å². The van der Waals surface area contributed by atoms with Crippen molar-refractivity contribution in [3.8, 4) is 11.1 Å². The second-order valence-corrected chi connectivity index (χ2v) is 8.44. The van der Waals surface area contributed by atoms with E-state index in [1.54, 1.807) is 6.20 Å². The zero-order valence-corrected chi connectivity index (χ0v) is 18.9. The molecule has 0 aliphatic heterocycles. The fraction of sp³-hybridized carbons (Fsp3) is 0.192. The Kier molecular flexibility index (Phi) is 5.52. The second-order valence-electron chi connectivity index (χ2n) is 8.44. The molecule has 0 unspecified atom stereocenters. The number of benzene rings is 1. The Morgan fingerprint density at radius 3 is 2.61 bits per heavy atom. The Morgan fingerprint density at radius 2 is 1.79 bits per heavy atom. The summed E-state index contributed by atoms with van der Waals surface area (Å²) in [5.41, 5.74) is 7.05. The van der Waals surface area contributed by atoms with Crippen molar-refractivity contribution in [3.05, 3.63) is 90.0 Å². The van der Waals surface area contributed by atoms with E-state index in [4.69, 9.17) is 10.1 Å². The van der Waals surface area contributed by atoms with Gasteiger partial charge in [0.25, 0.3) is 0 Å². The molecule has 7 heteroatoms. The number of nitrogens with one attached hydrogen (secondary N) is 1. The summed E-state index contributed by atoms with van der Waals surface area (Å²) in [6, 6.07) is 18.3. The van der Waals surface area contributed by atoms with Gasteiger partial charge in [-0.2, -0.15) is 10.2 Å². The van der Waals surface area contributed by atoms with Crippen molar-refractivity contribution < 1.29 is 0 Å². The van der Waals surface area contributed by atoms with Gasteiger partial charge in [0, 0.05) is 37.0 Å². The van der Waals surface area contributed by atoms with Gasteiger partial charge in [0.05, 0.1) is 22.9 Å². The monoisotopic (exact) mass is 435 g/mol. The highest BCUT2D eigenvalue weighted by Crippen LogP contribution is 2.27. The maximum Gasteiger partial charge on any atom is 0.154 e. The molecule has 4 heterocycles. The third-order valence-electron chi connectivity index (χ3n) is 5.57. The summed E-state index contributed by atoms with van der Waals surface area (Å²) >= 11 is 0. The van der Waals surface area contributed by atoms with Gasteiger partial charge in [0.15, 0.2) is 5.82 Å². The molecule has 0 radical (unpaired) electrons. The topological polar surface area (TPSA) is 81.4 Å². The maximum absolute atomic E-state index is 4.78. The Hall–Kier alpha value is -4.13. The van der Waals surface area contributed by atoms with Crippen LogP contribution >= 0.6 is 0 Å². The summed E-state index contributed by atoms with van der Waals surface area (Å²) in [5, 5.41) is 16.3. The first-order valence-corrected chi connectivity index (χ1v) is 11.0. The first kappa shape index (κ1) is 20.8. The van der Waals surface area contributed by atoms with E-state index in [1.807, 2.05) is 48.4 Å². The van der Waals surface area contributed by atoms with E-state index in [2.05, 4.69) is 64.7 Å². The summed E-state index contributed by atoms with van der Waals surface area (Å²) in [7, 11) is 1.94. The van der Waals surface area contributed by atoms with Crippen LogP contribution in [0.3, 0.4) is 0 Å². The molecular formula is C26H25N7. The van der Waals surface area contributed by atoms with Gasteiger partial charge in [-0.25, -0.2) is 4.98 Å². The molecule has 7 nitrogen and oxygen atoms in total. The Balaban J connectivity index is 1.47. The summed E-state index contributed by atoms with van der Waals surface area (Å²) in [5.74, 6) is 1.75. The number of hydrogen-bond donors (Lipinski definition) is 1. The van der Waals surface area contributed by atoms with Gasteiger partial charge in [0.1, 0.15) is 5.82 Å². The number of fused-ring (bicyclic) bond motifs is 1. The molecule has 1 aromatic carbocycles. The van der Waals surface area contributed by atoms with Crippen LogP contribution in [0.4, 0.5) is 11.6 Å². The second kappa shape index (κ2) is 8.78. The highest BCUT2D eigenvalue weighted by Gasteiger charge is 2.13. The zero-order valence-electron chi connectivity index (χ0n) is 18.9. The fourth-order valence-electron chi connectivity index (χ4n) is 3.81. The largest absolute Gasteiger partial charge is 0.323 e. The van der Waals surface area contributed by atoms with Gasteiger partial charge in [-0.1, -0.05) is 44.2 Å². The van der Waals surface area contributed by atoms with Crippen LogP contribution in [0.1, 0.15) is 36.6 Å². The number of anilines is 2. The van der Waals surface area contributed by atoms with Crippen LogP contribution in [0.2, 0.25) is 0 Å². The van der Waals surface area contributed by atoms with E-state index >= 15 is 0 Å². The van der Waals surface area contributed by atoms with Crippen LogP contribution in [0, 0.1) is 0 Å². The number of nitrogens with zero attached hydrogens (tertiary/aromatic N) is 6. The standard InChI is InChI=1S/C26H25N7/c1-17(2)19-13-26(31-28-15-19)30-25-10-9-22-24(29-25)12-20(14-27-22)21-16-33(3)32-23(21)11-18-7-5-4-6-8-18/h4-10,12-17H,11H2,1-3H3,(H,29,30,31). The zero-order chi connectivity index (χ0) is 22.8. The third-order valence-corrected chi connectivity index (χ3v) is 5.57. The number of rotatable bonds is 6. The highest BCUT2D eigenvalue weighted by atomic mass is 15.3. The van der Waals surface area contributed by atoms with Gasteiger partial charge >= 0.3 is 0 Å². The molecule has 0 saturated carbocycles. The van der Waals surface area contributed by atoms with E-state index in [0.717, 1.165) is 39.8 Å². The van der Waals surface area contributed by atoms with E-state index in [9.17, 15) is 0 Å². The first-order chi connectivity index (χ1) is 16.0. The van der Waals surface area contributed by atoms with Gasteiger partial charge in [0.2, 0.25) is 0 Å². The van der Waals surface area contributed by atoms with Crippen molar-refractivity contribution in [2.75, 3.05) is 5.32 Å². The lowest BCUT2D eigenvalue weighted by molar-refractivity contribution is 0.749. The smallest absolute Gasteiger partial charge is 0.154 e. The lowest BCUT2D eigenvalue weighted by atomic mass is 10.0. The average molecular weight is 436 g/mol. The molecule has 0 saturated heterocycles. The quantitative estimate of drug-likeness (QED) is 0.391. The third kappa shape index (κ3) is 4.57. The molecule has 0 bridgehead atoms. The lowest BCUT2D eigenvalue weighted by Gasteiger charge is -2.09. The van der Waals surface area contributed by atoms with Crippen LogP contribution < -0.4 is 5.32 Å². The molecule has 164 valence electrons. The Labute approximate surface area is 192 Å². The van der Waals surface area contributed by atoms with E-state index in [0.29, 0.717) is 17.6 Å². The SMILES string of the molecule is CC(C)c1cnnc(Nc2ccc3ncc(-c4cn(C)nc4Cc4ccccc4)cc3n2)c1. The first-order valence-electron chi connectivity index (χ1n) is 11.0. The van der Waals surface area contributed by atoms with Crippen LogP contribution in [0.15, 0.2) is 73.2 Å². The van der Waals surface area contributed by atoms with E-state index in [-0.39, 0.29) is 0 Å². The molecule has 0 aliphatic rings. The molecule has 4 aromatic heterocycles. The highest BCUT2D eigenvalue weighted by molar-refractivity contribution is 5.82. The fourth-order valence-corrected chi connectivity index (χ4v) is 3.81. The predicted molar refractivity (Wildman–Crippen MR) is 130 cm³/mol. The van der Waals surface area contributed by atoms with Crippen LogP contribution in [0.25, 0.3) is 22.2 Å². The van der Waals surface area contributed by atoms with Crippen molar-refractivity contribution in [2.24, 2.45) is 7.05 Å². The van der Waals surface area contributed by atoms with Crippen molar-refractivity contribution >= 4 is 22.7 Å². The molecule has 0 amide bonds. The van der Waals surface area contributed by atoms with Gasteiger partial charge in [-0.3, -0.25) is 9.67 Å². The number of hydrogen-bond acceptors (Lipinski definition) is 6. The summed E-state index contributed by atoms with van der Waals surface area (Å²) in [6.45, 7) is 4.26. The number of aromatic nitrogens is 6. The Morgan fingerprint density at radius 1 is 0.939 bits per heavy atom. The van der Waals surface area contributed by atoms with Crippen LogP contribution in [-0.4, -0.2) is 29.9 Å². The molecule has 5 aromatic rings. The molecular weight excluding hydrogens is 410 g/mol. The molecule has 0 atom stereocenters. The minimum Gasteiger partial charge on any atom is -0.323 e. The number of pyridine rings is 2. The van der Waals surface area contributed by atoms with Crippen molar-refractivity contribution in [1.82, 2.24) is 29.9 Å². The molecule has 33 heavy (non-hydrogen) atoms. The van der Waals surface area contributed by atoms with Crippen LogP contribution in [-0.2, 0) is 13.5 Å². The van der Waals surface area contributed by atoms with Gasteiger partial charge < -0.3 is 5.32 Å². The van der Waals surface area contributed by atoms with Crippen LogP contribution in [0.5, 0.6) is 0 Å². The normalized spacial score (nSPS) is 11.3. The summed E-state index contributed by atoms with van der Waals surface area (Å²) in [4.78, 5) is 9.43. The Bertz CT molecular complexity index is 1410. The van der Waals surface area contributed by atoms with Crippen molar-refractivity contribution in [1.29, 1.82) is 0 Å². The number of aryl methyl sites for hydroxylation is 1. The van der Waals surface area contributed by atoms with Crippen molar-refractivity contribution in [2.45, 2.75) is 26.2 Å². The maximum atomic E-state index is 4.78. The molecule has 0 spiro atoms. The van der Waals surface area contributed by atoms with E-state index in [1.165, 1.54) is 5.56 Å².